The normalized spacial score (nSPS) is 10.8. The summed E-state index contributed by atoms with van der Waals surface area (Å²) in [4.78, 5) is 44.6. The second-order valence-electron chi connectivity index (χ2n) is 6.65. The predicted octanol–water partition coefficient (Wildman–Crippen LogP) is 3.89. The van der Waals surface area contributed by atoms with Crippen LogP contribution >= 0.6 is 0 Å². The van der Waals surface area contributed by atoms with Crippen molar-refractivity contribution in [3.63, 3.8) is 0 Å². The van der Waals surface area contributed by atoms with Crippen LogP contribution in [0, 0.1) is 20.2 Å². The Morgan fingerprint density at radius 1 is 0.853 bits per heavy atom. The zero-order chi connectivity index (χ0) is 24.5. The summed E-state index contributed by atoms with van der Waals surface area (Å²) in [5.74, 6) is -1.11. The molecule has 0 saturated heterocycles. The van der Waals surface area contributed by atoms with Gasteiger partial charge in [0.2, 0.25) is 0 Å². The van der Waals surface area contributed by atoms with Crippen LogP contribution in [-0.4, -0.2) is 27.9 Å². The van der Waals surface area contributed by atoms with Gasteiger partial charge in [-0.25, -0.2) is 10.2 Å². The molecule has 11 nitrogen and oxygen atoms in total. The number of nitro groups is 2. The van der Waals surface area contributed by atoms with Gasteiger partial charge in [0.15, 0.2) is 0 Å². The fourth-order valence-electron chi connectivity index (χ4n) is 2.69. The van der Waals surface area contributed by atoms with Gasteiger partial charge >= 0.3 is 5.97 Å². The molecule has 0 bridgehead atoms. The first-order valence-corrected chi connectivity index (χ1v) is 9.65. The maximum atomic E-state index is 12.1. The number of esters is 1. The lowest BCUT2D eigenvalue weighted by Crippen LogP contribution is -2.18. The number of nitro benzene ring substituents is 2. The molecule has 170 valence electrons. The summed E-state index contributed by atoms with van der Waals surface area (Å²) in [6.45, 7) is 0. The largest absolute Gasteiger partial charge is 0.423 e. The van der Waals surface area contributed by atoms with Gasteiger partial charge in [-0.2, -0.15) is 5.10 Å². The van der Waals surface area contributed by atoms with E-state index in [4.69, 9.17) is 4.74 Å². The lowest BCUT2D eigenvalue weighted by Gasteiger charge is -2.02. The Morgan fingerprint density at radius 3 is 2.15 bits per heavy atom. The highest BCUT2D eigenvalue weighted by molar-refractivity contribution is 5.98. The number of rotatable bonds is 8. The SMILES string of the molecule is O=C(/C=C/c1ccc([N+](=O)[O-])cc1)Oc1ccc(/C=N\NC(=O)c2ccccc2[N+](=O)[O-])cc1. The number of hydrogen-bond acceptors (Lipinski definition) is 8. The third-order valence-corrected chi connectivity index (χ3v) is 4.34. The molecule has 0 saturated carbocycles. The van der Waals surface area contributed by atoms with E-state index in [0.717, 1.165) is 0 Å². The van der Waals surface area contributed by atoms with Gasteiger partial charge < -0.3 is 4.74 Å². The average Bonchev–Trinajstić information content (AvgIpc) is 2.84. The number of hydrazone groups is 1. The van der Waals surface area contributed by atoms with Crippen molar-refractivity contribution in [1.82, 2.24) is 5.43 Å². The van der Waals surface area contributed by atoms with E-state index in [2.05, 4.69) is 10.5 Å². The minimum atomic E-state index is -0.728. The van der Waals surface area contributed by atoms with Gasteiger partial charge in [0, 0.05) is 24.3 Å². The van der Waals surface area contributed by atoms with Crippen LogP contribution in [0.5, 0.6) is 5.75 Å². The number of hydrogen-bond donors (Lipinski definition) is 1. The van der Waals surface area contributed by atoms with Gasteiger partial charge in [0.25, 0.3) is 17.3 Å². The number of carbonyl (C=O) groups is 2. The second-order valence-corrected chi connectivity index (χ2v) is 6.65. The van der Waals surface area contributed by atoms with E-state index < -0.39 is 21.7 Å². The molecule has 34 heavy (non-hydrogen) atoms. The molecule has 3 aromatic rings. The molecular formula is C23H16N4O7. The van der Waals surface area contributed by atoms with Crippen molar-refractivity contribution in [3.05, 3.63) is 116 Å². The van der Waals surface area contributed by atoms with Crippen molar-refractivity contribution >= 4 is 35.5 Å². The Bertz CT molecular complexity index is 1280. The Balaban J connectivity index is 1.54. The van der Waals surface area contributed by atoms with E-state index in [1.165, 1.54) is 79.0 Å². The van der Waals surface area contributed by atoms with Gasteiger partial charge in [0.05, 0.1) is 16.1 Å². The highest BCUT2D eigenvalue weighted by atomic mass is 16.6. The Labute approximate surface area is 192 Å². The van der Waals surface area contributed by atoms with Crippen LogP contribution in [0.25, 0.3) is 6.08 Å². The Hall–Kier alpha value is -5.19. The molecule has 0 atom stereocenters. The van der Waals surface area contributed by atoms with Crippen molar-refractivity contribution in [1.29, 1.82) is 0 Å². The van der Waals surface area contributed by atoms with Crippen molar-refractivity contribution in [2.45, 2.75) is 0 Å². The van der Waals surface area contributed by atoms with E-state index in [1.807, 2.05) is 0 Å². The average molecular weight is 460 g/mol. The number of nitrogens with zero attached hydrogens (tertiary/aromatic N) is 3. The van der Waals surface area contributed by atoms with Gasteiger partial charge in [-0.1, -0.05) is 12.1 Å². The van der Waals surface area contributed by atoms with E-state index in [0.29, 0.717) is 11.1 Å². The van der Waals surface area contributed by atoms with Crippen molar-refractivity contribution < 1.29 is 24.2 Å². The van der Waals surface area contributed by atoms with E-state index >= 15 is 0 Å². The number of ether oxygens (including phenoxy) is 1. The van der Waals surface area contributed by atoms with Crippen molar-refractivity contribution in [3.8, 4) is 5.75 Å². The van der Waals surface area contributed by atoms with E-state index in [9.17, 15) is 29.8 Å². The summed E-state index contributed by atoms with van der Waals surface area (Å²) < 4.78 is 5.18. The summed E-state index contributed by atoms with van der Waals surface area (Å²) in [6.07, 6.45) is 3.98. The number of non-ortho nitro benzene ring substituents is 1. The van der Waals surface area contributed by atoms with E-state index in [-0.39, 0.29) is 22.7 Å². The van der Waals surface area contributed by atoms with Crippen LogP contribution < -0.4 is 10.2 Å². The molecule has 0 aliphatic heterocycles. The molecule has 1 N–H and O–H groups in total. The Kier molecular flexibility index (Phi) is 7.53. The number of amides is 1. The standard InChI is InChI=1S/C23H16N4O7/c28-22(14-9-16-5-10-18(11-6-16)26(30)31)34-19-12-7-17(8-13-19)15-24-25-23(29)20-3-1-2-4-21(20)27(32)33/h1-15H,(H,25,29)/b14-9+,24-15-. The van der Waals surface area contributed by atoms with Crippen LogP contribution in [0.3, 0.4) is 0 Å². The minimum absolute atomic E-state index is 0.0516. The summed E-state index contributed by atoms with van der Waals surface area (Å²) in [7, 11) is 0. The molecule has 11 heteroatoms. The molecule has 0 unspecified atom stereocenters. The van der Waals surface area contributed by atoms with Gasteiger partial charge in [-0.3, -0.25) is 25.0 Å². The Morgan fingerprint density at radius 2 is 1.50 bits per heavy atom. The summed E-state index contributed by atoms with van der Waals surface area (Å²) in [5, 5.41) is 25.4. The fourth-order valence-corrected chi connectivity index (χ4v) is 2.69. The molecule has 0 aromatic heterocycles. The van der Waals surface area contributed by atoms with Crippen LogP contribution in [0.2, 0.25) is 0 Å². The zero-order valence-electron chi connectivity index (χ0n) is 17.4. The number of carbonyl (C=O) groups excluding carboxylic acids is 2. The molecule has 0 aliphatic carbocycles. The molecular weight excluding hydrogens is 444 g/mol. The highest BCUT2D eigenvalue weighted by Gasteiger charge is 2.18. The minimum Gasteiger partial charge on any atom is -0.423 e. The third kappa shape index (κ3) is 6.40. The van der Waals surface area contributed by atoms with Gasteiger partial charge in [-0.15, -0.1) is 0 Å². The smallest absolute Gasteiger partial charge is 0.336 e. The molecule has 0 spiro atoms. The molecule has 1 amide bonds. The van der Waals surface area contributed by atoms with Gasteiger partial charge in [-0.05, 0) is 59.7 Å². The molecule has 0 radical (unpaired) electrons. The molecule has 3 aromatic carbocycles. The van der Waals surface area contributed by atoms with Gasteiger partial charge in [0.1, 0.15) is 11.3 Å². The first-order chi connectivity index (χ1) is 16.3. The van der Waals surface area contributed by atoms with E-state index in [1.54, 1.807) is 12.1 Å². The first-order valence-electron chi connectivity index (χ1n) is 9.65. The molecule has 0 fully saturated rings. The lowest BCUT2D eigenvalue weighted by molar-refractivity contribution is -0.385. The van der Waals surface area contributed by atoms with Crippen LogP contribution in [-0.2, 0) is 4.79 Å². The molecule has 0 heterocycles. The van der Waals surface area contributed by atoms with Crippen LogP contribution in [0.15, 0.2) is 84.0 Å². The van der Waals surface area contributed by atoms with Crippen LogP contribution in [0.1, 0.15) is 21.5 Å². The molecule has 0 aliphatic rings. The summed E-state index contributed by atoms with van der Waals surface area (Å²) >= 11 is 0. The zero-order valence-corrected chi connectivity index (χ0v) is 17.4. The predicted molar refractivity (Wildman–Crippen MR) is 122 cm³/mol. The van der Waals surface area contributed by atoms with Crippen molar-refractivity contribution in [2.24, 2.45) is 5.10 Å². The summed E-state index contributed by atoms with van der Waals surface area (Å²) in [5.41, 5.74) is 2.90. The summed E-state index contributed by atoms with van der Waals surface area (Å²) in [6, 6.07) is 17.4. The monoisotopic (exact) mass is 460 g/mol. The third-order valence-electron chi connectivity index (χ3n) is 4.34. The quantitative estimate of drug-likeness (QED) is 0.134. The topological polar surface area (TPSA) is 154 Å². The first kappa shape index (κ1) is 23.5. The lowest BCUT2D eigenvalue weighted by atomic mass is 10.2. The maximum absolute atomic E-state index is 12.1. The number of para-hydroxylation sites is 1. The van der Waals surface area contributed by atoms with Crippen LogP contribution in [0.4, 0.5) is 11.4 Å². The fraction of sp³-hybridized carbons (Fsp3) is 0. The second kappa shape index (κ2) is 10.9. The molecule has 3 rings (SSSR count). The number of benzene rings is 3. The number of nitrogens with one attached hydrogen (secondary N) is 1. The maximum Gasteiger partial charge on any atom is 0.336 e. The van der Waals surface area contributed by atoms with Crippen molar-refractivity contribution in [2.75, 3.05) is 0 Å². The highest BCUT2D eigenvalue weighted by Crippen LogP contribution is 2.17.